The fourth-order valence-electron chi connectivity index (χ4n) is 1.05. The molecule has 1 unspecified atom stereocenters. The molecule has 0 saturated heterocycles. The van der Waals surface area contributed by atoms with Gasteiger partial charge in [0.25, 0.3) is 0 Å². The van der Waals surface area contributed by atoms with E-state index >= 15 is 0 Å². The Labute approximate surface area is 109 Å². The quantitative estimate of drug-likeness (QED) is 0.858. The summed E-state index contributed by atoms with van der Waals surface area (Å²) in [5.74, 6) is 0.405. The first-order valence-electron chi connectivity index (χ1n) is 5.45. The van der Waals surface area contributed by atoms with E-state index in [1.165, 1.54) is 17.8 Å². The zero-order chi connectivity index (χ0) is 14.0. The predicted octanol–water partition coefficient (Wildman–Crippen LogP) is 3.60. The van der Waals surface area contributed by atoms with E-state index in [2.05, 4.69) is 4.98 Å². The fraction of sp³-hybridized carbons (Fsp3) is 0.583. The second-order valence-electron chi connectivity index (χ2n) is 5.08. The molecular formula is C12H16F3NOS. The highest BCUT2D eigenvalue weighted by atomic mass is 32.2. The van der Waals surface area contributed by atoms with E-state index in [-0.39, 0.29) is 5.41 Å². The Kier molecular flexibility index (Phi) is 4.66. The normalized spacial score (nSPS) is 14.6. The average Bonchev–Trinajstić information content (AvgIpc) is 2.24. The lowest BCUT2D eigenvalue weighted by molar-refractivity contribution is -0.137. The Hall–Kier alpha value is -0.750. The minimum atomic E-state index is -4.36. The van der Waals surface area contributed by atoms with Crippen molar-refractivity contribution in [1.29, 1.82) is 0 Å². The van der Waals surface area contributed by atoms with Gasteiger partial charge in [0.05, 0.1) is 16.7 Å². The van der Waals surface area contributed by atoms with Crippen LogP contribution in [0.3, 0.4) is 0 Å². The molecule has 102 valence electrons. The summed E-state index contributed by atoms with van der Waals surface area (Å²) in [6.45, 7) is 5.70. The lowest BCUT2D eigenvalue weighted by Crippen LogP contribution is -2.28. The van der Waals surface area contributed by atoms with Gasteiger partial charge in [-0.2, -0.15) is 13.2 Å². The van der Waals surface area contributed by atoms with Gasteiger partial charge in [0.15, 0.2) is 0 Å². The summed E-state index contributed by atoms with van der Waals surface area (Å²) >= 11 is 1.25. The van der Waals surface area contributed by atoms with Crippen molar-refractivity contribution in [2.75, 3.05) is 5.75 Å². The molecule has 0 amide bonds. The van der Waals surface area contributed by atoms with E-state index in [0.717, 1.165) is 12.3 Å². The van der Waals surface area contributed by atoms with Gasteiger partial charge in [-0.05, 0) is 17.5 Å². The van der Waals surface area contributed by atoms with Crippen LogP contribution in [0.4, 0.5) is 13.2 Å². The molecule has 6 heteroatoms. The molecule has 1 aromatic heterocycles. The number of halogens is 3. The van der Waals surface area contributed by atoms with Gasteiger partial charge in [-0.25, -0.2) is 4.98 Å². The molecule has 1 atom stereocenters. The number of aromatic nitrogens is 1. The molecule has 0 saturated carbocycles. The minimum absolute atomic E-state index is 0.251. The highest BCUT2D eigenvalue weighted by molar-refractivity contribution is 7.99. The Balaban J connectivity index is 2.60. The van der Waals surface area contributed by atoms with Gasteiger partial charge in [0, 0.05) is 11.9 Å². The number of pyridine rings is 1. The number of rotatable bonds is 3. The molecule has 0 radical (unpaired) electrons. The van der Waals surface area contributed by atoms with Crippen LogP contribution in [-0.2, 0) is 6.18 Å². The summed E-state index contributed by atoms with van der Waals surface area (Å²) in [6, 6.07) is 2.32. The molecular weight excluding hydrogens is 263 g/mol. The van der Waals surface area contributed by atoms with Crippen LogP contribution in [0.1, 0.15) is 26.3 Å². The van der Waals surface area contributed by atoms with E-state index in [1.54, 1.807) is 0 Å². The van der Waals surface area contributed by atoms with Crippen LogP contribution >= 0.6 is 11.8 Å². The van der Waals surface area contributed by atoms with Crippen LogP contribution in [0.5, 0.6) is 0 Å². The fourth-order valence-corrected chi connectivity index (χ4v) is 2.17. The first-order valence-corrected chi connectivity index (χ1v) is 6.43. The minimum Gasteiger partial charge on any atom is -0.392 e. The molecule has 0 aliphatic heterocycles. The monoisotopic (exact) mass is 279 g/mol. The van der Waals surface area contributed by atoms with E-state index < -0.39 is 17.8 Å². The molecule has 0 aliphatic rings. The van der Waals surface area contributed by atoms with Gasteiger partial charge in [-0.1, -0.05) is 20.8 Å². The highest BCUT2D eigenvalue weighted by Gasteiger charge is 2.30. The van der Waals surface area contributed by atoms with Crippen molar-refractivity contribution in [3.8, 4) is 0 Å². The molecule has 2 nitrogen and oxygen atoms in total. The molecule has 1 heterocycles. The van der Waals surface area contributed by atoms with Crippen molar-refractivity contribution in [2.45, 2.75) is 38.1 Å². The number of alkyl halides is 3. The van der Waals surface area contributed by atoms with Crippen LogP contribution in [0.15, 0.2) is 23.4 Å². The van der Waals surface area contributed by atoms with Gasteiger partial charge in [-0.15, -0.1) is 11.8 Å². The van der Waals surface area contributed by atoms with Crippen molar-refractivity contribution in [3.63, 3.8) is 0 Å². The Bertz CT molecular complexity index is 384. The SMILES string of the molecule is CC(C)(C)C(O)CSc1ccc(C(F)(F)F)cn1. The maximum absolute atomic E-state index is 12.3. The van der Waals surface area contributed by atoms with Crippen LogP contribution in [0.2, 0.25) is 0 Å². The molecule has 18 heavy (non-hydrogen) atoms. The summed E-state index contributed by atoms with van der Waals surface area (Å²) in [5.41, 5.74) is -1.01. The van der Waals surface area contributed by atoms with Gasteiger partial charge in [0.2, 0.25) is 0 Å². The first-order chi connectivity index (χ1) is 8.10. The van der Waals surface area contributed by atoms with E-state index in [9.17, 15) is 18.3 Å². The van der Waals surface area contributed by atoms with Crippen LogP contribution < -0.4 is 0 Å². The van der Waals surface area contributed by atoms with E-state index in [4.69, 9.17) is 0 Å². The summed E-state index contributed by atoms with van der Waals surface area (Å²) in [4.78, 5) is 3.73. The highest BCUT2D eigenvalue weighted by Crippen LogP contribution is 2.30. The molecule has 1 aromatic rings. The predicted molar refractivity (Wildman–Crippen MR) is 65.4 cm³/mol. The summed E-state index contributed by atoms with van der Waals surface area (Å²) in [7, 11) is 0. The first kappa shape index (κ1) is 15.3. The average molecular weight is 279 g/mol. The summed E-state index contributed by atoms with van der Waals surface area (Å²) in [5, 5.41) is 10.3. The van der Waals surface area contributed by atoms with Crippen LogP contribution in [-0.4, -0.2) is 21.9 Å². The molecule has 1 rings (SSSR count). The third kappa shape index (κ3) is 4.49. The molecule has 0 fully saturated rings. The summed E-state index contributed by atoms with van der Waals surface area (Å²) < 4.78 is 36.9. The van der Waals surface area contributed by atoms with Gasteiger partial charge in [0.1, 0.15) is 0 Å². The van der Waals surface area contributed by atoms with Crippen molar-refractivity contribution < 1.29 is 18.3 Å². The smallest absolute Gasteiger partial charge is 0.392 e. The summed E-state index contributed by atoms with van der Waals surface area (Å²) in [6.07, 6.45) is -4.08. The zero-order valence-electron chi connectivity index (χ0n) is 10.5. The molecule has 0 aliphatic carbocycles. The standard InChI is InChI=1S/C12H16F3NOS/c1-11(2,3)9(17)7-18-10-5-4-8(6-16-10)12(13,14)15/h4-6,9,17H,7H2,1-3H3. The number of hydrogen-bond acceptors (Lipinski definition) is 3. The maximum Gasteiger partial charge on any atom is 0.417 e. The second kappa shape index (κ2) is 5.48. The molecule has 0 spiro atoms. The van der Waals surface area contributed by atoms with Crippen molar-refractivity contribution >= 4 is 11.8 Å². The maximum atomic E-state index is 12.3. The molecule has 0 bridgehead atoms. The lowest BCUT2D eigenvalue weighted by atomic mass is 9.90. The zero-order valence-corrected chi connectivity index (χ0v) is 11.3. The van der Waals surface area contributed by atoms with Crippen molar-refractivity contribution in [1.82, 2.24) is 4.98 Å². The third-order valence-electron chi connectivity index (χ3n) is 2.45. The van der Waals surface area contributed by atoms with Crippen molar-refractivity contribution in [2.24, 2.45) is 5.41 Å². The topological polar surface area (TPSA) is 33.1 Å². The Morgan fingerprint density at radius 1 is 1.28 bits per heavy atom. The number of aliphatic hydroxyl groups is 1. The van der Waals surface area contributed by atoms with Gasteiger partial charge >= 0.3 is 6.18 Å². The van der Waals surface area contributed by atoms with E-state index in [0.29, 0.717) is 10.8 Å². The Morgan fingerprint density at radius 2 is 1.89 bits per heavy atom. The van der Waals surface area contributed by atoms with Gasteiger partial charge < -0.3 is 5.11 Å². The number of hydrogen-bond donors (Lipinski definition) is 1. The number of aliphatic hydroxyl groups excluding tert-OH is 1. The van der Waals surface area contributed by atoms with Crippen molar-refractivity contribution in [3.05, 3.63) is 23.9 Å². The lowest BCUT2D eigenvalue weighted by Gasteiger charge is -2.25. The van der Waals surface area contributed by atoms with E-state index in [1.807, 2.05) is 20.8 Å². The van der Waals surface area contributed by atoms with Crippen LogP contribution in [0, 0.1) is 5.41 Å². The molecule has 1 N–H and O–H groups in total. The number of nitrogens with zero attached hydrogens (tertiary/aromatic N) is 1. The largest absolute Gasteiger partial charge is 0.417 e. The second-order valence-corrected chi connectivity index (χ2v) is 6.12. The van der Waals surface area contributed by atoms with Gasteiger partial charge in [-0.3, -0.25) is 0 Å². The Morgan fingerprint density at radius 3 is 2.28 bits per heavy atom. The number of thioether (sulfide) groups is 1. The molecule has 0 aromatic carbocycles. The third-order valence-corrected chi connectivity index (χ3v) is 3.47. The van der Waals surface area contributed by atoms with Crippen LogP contribution in [0.25, 0.3) is 0 Å².